The number of thioether (sulfide) groups is 1. The lowest BCUT2D eigenvalue weighted by Crippen LogP contribution is -3.12. The highest BCUT2D eigenvalue weighted by Gasteiger charge is 2.24. The van der Waals surface area contributed by atoms with Crippen LogP contribution in [0.25, 0.3) is 0 Å². The number of benzene rings is 3. The minimum Gasteiger partial charge on any atom is -0.359 e. The van der Waals surface area contributed by atoms with Gasteiger partial charge in [0.1, 0.15) is 5.25 Å². The molecular formula is C25H28N3OS+. The van der Waals surface area contributed by atoms with Crippen LogP contribution < -0.4 is 15.1 Å². The van der Waals surface area contributed by atoms with Gasteiger partial charge in [0, 0.05) is 4.90 Å². The van der Waals surface area contributed by atoms with Crippen molar-refractivity contribution >= 4 is 29.0 Å². The standard InChI is InChI=1S/C25H27N3OS/c1-27-16-18-28(19-17-27)23-15-9-8-14-22(23)26-25(29)24(20-10-4-2-5-11-20)30-21-12-6-3-7-13-21/h2-15,24H,16-19H2,1H3,(H,26,29)/p+1/t24-/m1/s1. The fraction of sp³-hybridized carbons (Fsp3) is 0.240. The van der Waals surface area contributed by atoms with E-state index in [2.05, 4.69) is 23.3 Å². The summed E-state index contributed by atoms with van der Waals surface area (Å²) < 4.78 is 0. The van der Waals surface area contributed by atoms with Gasteiger partial charge in [-0.2, -0.15) is 0 Å². The number of amides is 1. The van der Waals surface area contributed by atoms with E-state index in [1.54, 1.807) is 16.7 Å². The van der Waals surface area contributed by atoms with Gasteiger partial charge in [-0.1, -0.05) is 60.7 Å². The molecule has 0 unspecified atom stereocenters. The zero-order chi connectivity index (χ0) is 20.8. The summed E-state index contributed by atoms with van der Waals surface area (Å²) in [5, 5.41) is 2.91. The van der Waals surface area contributed by atoms with Crippen molar-refractivity contribution in [3.8, 4) is 0 Å². The van der Waals surface area contributed by atoms with Gasteiger partial charge < -0.3 is 15.1 Å². The van der Waals surface area contributed by atoms with E-state index < -0.39 is 0 Å². The van der Waals surface area contributed by atoms with Gasteiger partial charge in [-0.25, -0.2) is 0 Å². The van der Waals surface area contributed by atoms with Gasteiger partial charge in [0.15, 0.2) is 0 Å². The number of anilines is 2. The highest BCUT2D eigenvalue weighted by Crippen LogP contribution is 2.37. The molecule has 1 aliphatic rings. The molecule has 154 valence electrons. The van der Waals surface area contributed by atoms with Crippen LogP contribution in [0.5, 0.6) is 0 Å². The molecule has 1 amide bonds. The van der Waals surface area contributed by atoms with E-state index in [-0.39, 0.29) is 11.2 Å². The van der Waals surface area contributed by atoms with Crippen molar-refractivity contribution in [1.29, 1.82) is 0 Å². The molecule has 4 nitrogen and oxygen atoms in total. The Kier molecular flexibility index (Phi) is 6.72. The average Bonchev–Trinajstić information content (AvgIpc) is 2.80. The SMILES string of the molecule is C[NH+]1CCN(c2ccccc2NC(=O)[C@H](Sc2ccccc2)c2ccccc2)CC1. The van der Waals surface area contributed by atoms with Crippen LogP contribution in [-0.4, -0.2) is 39.1 Å². The van der Waals surface area contributed by atoms with Crippen molar-refractivity contribution in [2.24, 2.45) is 0 Å². The Balaban J connectivity index is 1.57. The summed E-state index contributed by atoms with van der Waals surface area (Å²) in [7, 11) is 2.23. The second-order valence-electron chi connectivity index (χ2n) is 7.67. The lowest BCUT2D eigenvalue weighted by molar-refractivity contribution is -0.880. The Bertz CT molecular complexity index is 956. The van der Waals surface area contributed by atoms with Crippen LogP contribution in [0.3, 0.4) is 0 Å². The van der Waals surface area contributed by atoms with Gasteiger partial charge in [0.25, 0.3) is 0 Å². The molecule has 30 heavy (non-hydrogen) atoms. The van der Waals surface area contributed by atoms with Crippen molar-refractivity contribution in [3.63, 3.8) is 0 Å². The lowest BCUT2D eigenvalue weighted by atomic mass is 10.1. The van der Waals surface area contributed by atoms with E-state index in [1.807, 2.05) is 78.9 Å². The molecule has 3 aromatic rings. The smallest absolute Gasteiger partial charge is 0.242 e. The predicted octanol–water partition coefficient (Wildman–Crippen LogP) is 3.49. The Hall–Kier alpha value is -2.76. The van der Waals surface area contributed by atoms with Gasteiger partial charge >= 0.3 is 0 Å². The van der Waals surface area contributed by atoms with Crippen LogP contribution >= 0.6 is 11.8 Å². The minimum absolute atomic E-state index is 0.00209. The second kappa shape index (κ2) is 9.83. The molecule has 1 heterocycles. The topological polar surface area (TPSA) is 36.8 Å². The van der Waals surface area contributed by atoms with E-state index in [0.29, 0.717) is 0 Å². The number of piperazine rings is 1. The maximum atomic E-state index is 13.4. The molecule has 5 heteroatoms. The van der Waals surface area contributed by atoms with Crippen LogP contribution in [0.2, 0.25) is 0 Å². The molecule has 0 aliphatic carbocycles. The fourth-order valence-corrected chi connectivity index (χ4v) is 4.76. The van der Waals surface area contributed by atoms with E-state index >= 15 is 0 Å². The fourth-order valence-electron chi connectivity index (χ4n) is 3.72. The molecule has 0 bridgehead atoms. The molecule has 1 saturated heterocycles. The Morgan fingerprint density at radius 2 is 1.50 bits per heavy atom. The first-order valence-corrected chi connectivity index (χ1v) is 11.3. The van der Waals surface area contributed by atoms with Crippen molar-refractivity contribution in [3.05, 3.63) is 90.5 Å². The third kappa shape index (κ3) is 5.04. The molecule has 0 radical (unpaired) electrons. The number of nitrogens with one attached hydrogen (secondary N) is 2. The van der Waals surface area contributed by atoms with E-state index in [4.69, 9.17) is 0 Å². The number of quaternary nitrogens is 1. The monoisotopic (exact) mass is 418 g/mol. The first kappa shape index (κ1) is 20.5. The van der Waals surface area contributed by atoms with E-state index in [1.165, 1.54) is 0 Å². The lowest BCUT2D eigenvalue weighted by Gasteiger charge is -2.33. The van der Waals surface area contributed by atoms with Crippen LogP contribution in [0.15, 0.2) is 89.8 Å². The number of hydrogen-bond donors (Lipinski definition) is 2. The van der Waals surface area contributed by atoms with Gasteiger partial charge in [0.05, 0.1) is 44.6 Å². The zero-order valence-electron chi connectivity index (χ0n) is 17.3. The van der Waals surface area contributed by atoms with Crippen LogP contribution in [0.4, 0.5) is 11.4 Å². The maximum Gasteiger partial charge on any atom is 0.242 e. The van der Waals surface area contributed by atoms with Crippen molar-refractivity contribution in [2.45, 2.75) is 10.1 Å². The average molecular weight is 419 g/mol. The van der Waals surface area contributed by atoms with E-state index in [9.17, 15) is 4.79 Å². The molecule has 4 rings (SSSR count). The molecule has 0 spiro atoms. The largest absolute Gasteiger partial charge is 0.359 e. The second-order valence-corrected chi connectivity index (χ2v) is 8.85. The van der Waals surface area contributed by atoms with Gasteiger partial charge in [-0.05, 0) is 29.8 Å². The summed E-state index contributed by atoms with van der Waals surface area (Å²) in [6.07, 6.45) is 0. The predicted molar refractivity (Wildman–Crippen MR) is 125 cm³/mol. The van der Waals surface area contributed by atoms with E-state index in [0.717, 1.165) is 48.0 Å². The van der Waals surface area contributed by atoms with Crippen molar-refractivity contribution in [2.75, 3.05) is 43.4 Å². The third-order valence-electron chi connectivity index (χ3n) is 5.46. The van der Waals surface area contributed by atoms with Crippen molar-refractivity contribution in [1.82, 2.24) is 0 Å². The molecule has 1 atom stereocenters. The summed E-state index contributed by atoms with van der Waals surface area (Å²) in [4.78, 5) is 18.5. The van der Waals surface area contributed by atoms with Gasteiger partial charge in [-0.3, -0.25) is 4.79 Å². The highest BCUT2D eigenvalue weighted by atomic mass is 32.2. The normalized spacial score (nSPS) is 15.6. The summed E-state index contributed by atoms with van der Waals surface area (Å²) >= 11 is 1.58. The first-order chi connectivity index (χ1) is 14.7. The quantitative estimate of drug-likeness (QED) is 0.602. The van der Waals surface area contributed by atoms with Crippen LogP contribution in [-0.2, 0) is 4.79 Å². The number of carbonyl (C=O) groups excluding carboxylic acids is 1. The summed E-state index contributed by atoms with van der Waals surface area (Å²) in [5.41, 5.74) is 3.00. The molecule has 0 saturated carbocycles. The zero-order valence-corrected chi connectivity index (χ0v) is 18.1. The highest BCUT2D eigenvalue weighted by molar-refractivity contribution is 8.00. The summed E-state index contributed by atoms with van der Waals surface area (Å²) in [5.74, 6) is 0.00209. The third-order valence-corrected chi connectivity index (χ3v) is 6.72. The number of nitrogens with zero attached hydrogens (tertiary/aromatic N) is 1. The number of carbonyl (C=O) groups is 1. The number of rotatable bonds is 6. The van der Waals surface area contributed by atoms with Crippen LogP contribution in [0.1, 0.15) is 10.8 Å². The van der Waals surface area contributed by atoms with Gasteiger partial charge in [0.2, 0.25) is 5.91 Å². The number of likely N-dealkylation sites (N-methyl/N-ethyl adjacent to an activating group) is 1. The molecule has 1 fully saturated rings. The molecule has 3 aromatic carbocycles. The van der Waals surface area contributed by atoms with Gasteiger partial charge in [-0.15, -0.1) is 11.8 Å². The summed E-state index contributed by atoms with van der Waals surface area (Å²) in [6, 6.07) is 28.3. The number of para-hydroxylation sites is 2. The van der Waals surface area contributed by atoms with Crippen molar-refractivity contribution < 1.29 is 9.69 Å². The Labute approximate surface area is 182 Å². The summed E-state index contributed by atoms with van der Waals surface area (Å²) in [6.45, 7) is 4.22. The van der Waals surface area contributed by atoms with Crippen LogP contribution in [0, 0.1) is 0 Å². The maximum absolute atomic E-state index is 13.4. The Morgan fingerprint density at radius 1 is 0.900 bits per heavy atom. The minimum atomic E-state index is -0.321. The molecule has 1 aliphatic heterocycles. The molecule has 0 aromatic heterocycles. The Morgan fingerprint density at radius 3 is 2.20 bits per heavy atom. The number of hydrogen-bond acceptors (Lipinski definition) is 3. The molecule has 2 N–H and O–H groups in total. The first-order valence-electron chi connectivity index (χ1n) is 10.4. The molecular weight excluding hydrogens is 390 g/mol.